The molecule has 1 heterocycles. The molecular weight excluding hydrogens is 348 g/mol. The zero-order valence-electron chi connectivity index (χ0n) is 14.3. The summed E-state index contributed by atoms with van der Waals surface area (Å²) in [7, 11) is -2.22. The number of amides is 1. The molecule has 25 heavy (non-hydrogen) atoms. The van der Waals surface area contributed by atoms with E-state index in [0.29, 0.717) is 18.8 Å². The summed E-state index contributed by atoms with van der Waals surface area (Å²) < 4.78 is 36.7. The van der Waals surface area contributed by atoms with Crippen molar-refractivity contribution in [2.24, 2.45) is 0 Å². The number of piperidine rings is 1. The molecule has 0 aromatic heterocycles. The van der Waals surface area contributed by atoms with Gasteiger partial charge in [0.05, 0.1) is 17.7 Å². The van der Waals surface area contributed by atoms with Gasteiger partial charge in [0.15, 0.2) is 6.61 Å². The minimum atomic E-state index is -3.63. The molecule has 1 aromatic rings. The van der Waals surface area contributed by atoms with E-state index >= 15 is 0 Å². The van der Waals surface area contributed by atoms with E-state index in [1.807, 2.05) is 0 Å². The van der Waals surface area contributed by atoms with Crippen LogP contribution >= 0.6 is 0 Å². The molecule has 0 atom stereocenters. The van der Waals surface area contributed by atoms with E-state index in [9.17, 15) is 18.0 Å². The highest BCUT2D eigenvalue weighted by Crippen LogP contribution is 2.29. The van der Waals surface area contributed by atoms with Crippen LogP contribution in [-0.4, -0.2) is 51.4 Å². The first kappa shape index (κ1) is 19.2. The number of anilines is 1. The molecule has 0 spiro atoms. The Kier molecular flexibility index (Phi) is 6.38. The van der Waals surface area contributed by atoms with Crippen molar-refractivity contribution in [1.29, 1.82) is 0 Å². The van der Waals surface area contributed by atoms with Crippen LogP contribution in [0.15, 0.2) is 23.1 Å². The van der Waals surface area contributed by atoms with Gasteiger partial charge in [-0.15, -0.1) is 0 Å². The van der Waals surface area contributed by atoms with Crippen LogP contribution in [0.5, 0.6) is 5.75 Å². The summed E-state index contributed by atoms with van der Waals surface area (Å²) in [6, 6.07) is 4.29. The monoisotopic (exact) mass is 370 g/mol. The first-order valence-corrected chi connectivity index (χ1v) is 9.40. The second-order valence-corrected chi connectivity index (χ2v) is 7.59. The van der Waals surface area contributed by atoms with E-state index in [-0.39, 0.29) is 10.6 Å². The van der Waals surface area contributed by atoms with E-state index in [2.05, 4.69) is 10.1 Å². The van der Waals surface area contributed by atoms with Gasteiger partial charge >= 0.3 is 5.97 Å². The number of methoxy groups -OCH3 is 1. The molecule has 1 saturated heterocycles. The maximum Gasteiger partial charge on any atom is 0.303 e. The predicted octanol–water partition coefficient (Wildman–Crippen LogP) is 1.37. The van der Waals surface area contributed by atoms with Gasteiger partial charge in [-0.3, -0.25) is 9.59 Å². The standard InChI is InChI=1S/C16H22N2O6S/c1-12(19)24-11-16(20)17-14-10-13(6-7-15(14)23-2)25(21,22)18-8-4-3-5-9-18/h6-7,10H,3-5,8-9,11H2,1-2H3,(H,17,20). The molecule has 1 aromatic carbocycles. The van der Waals surface area contributed by atoms with Crippen molar-refractivity contribution in [3.05, 3.63) is 18.2 Å². The van der Waals surface area contributed by atoms with Crippen LogP contribution in [-0.2, 0) is 24.3 Å². The van der Waals surface area contributed by atoms with Gasteiger partial charge in [-0.05, 0) is 31.0 Å². The van der Waals surface area contributed by atoms with E-state index in [1.165, 1.54) is 36.5 Å². The second-order valence-electron chi connectivity index (χ2n) is 5.66. The Hall–Kier alpha value is -2.13. The van der Waals surface area contributed by atoms with Crippen molar-refractivity contribution in [3.8, 4) is 5.75 Å². The van der Waals surface area contributed by atoms with Gasteiger partial charge in [-0.25, -0.2) is 8.42 Å². The van der Waals surface area contributed by atoms with Crippen LogP contribution in [0.4, 0.5) is 5.69 Å². The fourth-order valence-corrected chi connectivity index (χ4v) is 4.10. The summed E-state index contributed by atoms with van der Waals surface area (Å²) >= 11 is 0. The summed E-state index contributed by atoms with van der Waals surface area (Å²) in [6.07, 6.45) is 2.69. The van der Waals surface area contributed by atoms with Gasteiger partial charge in [-0.1, -0.05) is 6.42 Å². The van der Waals surface area contributed by atoms with Gasteiger partial charge < -0.3 is 14.8 Å². The van der Waals surface area contributed by atoms with Crippen molar-refractivity contribution >= 4 is 27.6 Å². The predicted molar refractivity (Wildman–Crippen MR) is 90.9 cm³/mol. The fraction of sp³-hybridized carbons (Fsp3) is 0.500. The molecule has 0 saturated carbocycles. The van der Waals surface area contributed by atoms with Crippen LogP contribution in [0.2, 0.25) is 0 Å². The number of nitrogens with one attached hydrogen (secondary N) is 1. The Bertz CT molecular complexity index is 741. The van der Waals surface area contributed by atoms with Crippen molar-refractivity contribution in [1.82, 2.24) is 4.31 Å². The minimum absolute atomic E-state index is 0.0815. The SMILES string of the molecule is COc1ccc(S(=O)(=O)N2CCCCC2)cc1NC(=O)COC(C)=O. The number of rotatable bonds is 6. The van der Waals surface area contributed by atoms with Gasteiger partial charge in [0.2, 0.25) is 10.0 Å². The number of carbonyl (C=O) groups is 2. The fourth-order valence-electron chi connectivity index (χ4n) is 2.55. The van der Waals surface area contributed by atoms with Gasteiger partial charge in [0.1, 0.15) is 5.75 Å². The molecular formula is C16H22N2O6S. The van der Waals surface area contributed by atoms with Crippen LogP contribution in [0.1, 0.15) is 26.2 Å². The normalized spacial score (nSPS) is 15.4. The summed E-state index contributed by atoms with van der Waals surface area (Å²) in [5.41, 5.74) is 0.206. The molecule has 1 N–H and O–H groups in total. The van der Waals surface area contributed by atoms with Crippen molar-refractivity contribution in [3.63, 3.8) is 0 Å². The number of ether oxygens (including phenoxy) is 2. The summed E-state index contributed by atoms with van der Waals surface area (Å²) in [5.74, 6) is -0.849. The first-order chi connectivity index (χ1) is 11.8. The Morgan fingerprint density at radius 3 is 2.48 bits per heavy atom. The number of hydrogen-bond acceptors (Lipinski definition) is 6. The van der Waals surface area contributed by atoms with Gasteiger partial charge in [0, 0.05) is 20.0 Å². The van der Waals surface area contributed by atoms with Crippen LogP contribution < -0.4 is 10.1 Å². The zero-order valence-corrected chi connectivity index (χ0v) is 15.1. The number of carbonyl (C=O) groups excluding carboxylic acids is 2. The topological polar surface area (TPSA) is 102 Å². The third-order valence-corrected chi connectivity index (χ3v) is 5.70. The maximum absolute atomic E-state index is 12.7. The number of benzene rings is 1. The molecule has 1 aliphatic heterocycles. The van der Waals surface area contributed by atoms with Crippen LogP contribution in [0, 0.1) is 0 Å². The molecule has 0 radical (unpaired) electrons. The first-order valence-electron chi connectivity index (χ1n) is 7.96. The number of sulfonamides is 1. The van der Waals surface area contributed by atoms with Gasteiger partial charge in [0.25, 0.3) is 5.91 Å². The Balaban J connectivity index is 2.23. The van der Waals surface area contributed by atoms with Crippen molar-refractivity contribution < 1.29 is 27.5 Å². The molecule has 9 heteroatoms. The molecule has 138 valence electrons. The average Bonchev–Trinajstić information content (AvgIpc) is 2.60. The van der Waals surface area contributed by atoms with E-state index in [0.717, 1.165) is 19.3 Å². The summed E-state index contributed by atoms with van der Waals surface area (Å²) in [4.78, 5) is 22.7. The molecule has 0 bridgehead atoms. The molecule has 0 unspecified atom stereocenters. The smallest absolute Gasteiger partial charge is 0.303 e. The Morgan fingerprint density at radius 1 is 1.20 bits per heavy atom. The quantitative estimate of drug-likeness (QED) is 0.759. The highest BCUT2D eigenvalue weighted by atomic mass is 32.2. The summed E-state index contributed by atoms with van der Waals surface area (Å²) in [5, 5.41) is 2.51. The lowest BCUT2D eigenvalue weighted by atomic mass is 10.2. The molecule has 1 aliphatic rings. The molecule has 1 amide bonds. The number of hydrogen-bond donors (Lipinski definition) is 1. The Morgan fingerprint density at radius 2 is 1.88 bits per heavy atom. The summed E-state index contributed by atoms with van der Waals surface area (Å²) in [6.45, 7) is 1.71. The highest BCUT2D eigenvalue weighted by molar-refractivity contribution is 7.89. The third kappa shape index (κ3) is 4.93. The van der Waals surface area contributed by atoms with Crippen LogP contribution in [0.25, 0.3) is 0 Å². The molecule has 1 fully saturated rings. The zero-order chi connectivity index (χ0) is 18.4. The largest absolute Gasteiger partial charge is 0.495 e. The van der Waals surface area contributed by atoms with E-state index in [1.54, 1.807) is 0 Å². The number of nitrogens with zero attached hydrogens (tertiary/aromatic N) is 1. The lowest BCUT2D eigenvalue weighted by Gasteiger charge is -2.26. The van der Waals surface area contributed by atoms with Gasteiger partial charge in [-0.2, -0.15) is 4.31 Å². The highest BCUT2D eigenvalue weighted by Gasteiger charge is 2.27. The third-order valence-electron chi connectivity index (χ3n) is 3.80. The maximum atomic E-state index is 12.7. The lowest BCUT2D eigenvalue weighted by molar-refractivity contribution is -0.144. The van der Waals surface area contributed by atoms with Crippen molar-refractivity contribution in [2.45, 2.75) is 31.1 Å². The van der Waals surface area contributed by atoms with Crippen LogP contribution in [0.3, 0.4) is 0 Å². The molecule has 8 nitrogen and oxygen atoms in total. The molecule has 2 rings (SSSR count). The molecule has 0 aliphatic carbocycles. The lowest BCUT2D eigenvalue weighted by Crippen LogP contribution is -2.35. The van der Waals surface area contributed by atoms with E-state index < -0.39 is 28.5 Å². The minimum Gasteiger partial charge on any atom is -0.495 e. The van der Waals surface area contributed by atoms with E-state index in [4.69, 9.17) is 4.74 Å². The Labute approximate surface area is 147 Å². The average molecular weight is 370 g/mol. The second kappa shape index (κ2) is 8.30. The number of esters is 1. The van der Waals surface area contributed by atoms with Crippen molar-refractivity contribution in [2.75, 3.05) is 32.1 Å².